The molecule has 3 aromatic heterocycles. The van der Waals surface area contributed by atoms with E-state index in [0.717, 1.165) is 86.0 Å². The Morgan fingerprint density at radius 1 is 0.759 bits per heavy atom. The van der Waals surface area contributed by atoms with Crippen molar-refractivity contribution in [3.8, 4) is 34.4 Å². The molecule has 0 spiro atoms. The molecule has 2 saturated carbocycles. The molecule has 2 fully saturated rings. The molecule has 2 unspecified atom stereocenters. The van der Waals surface area contributed by atoms with Crippen molar-refractivity contribution in [2.75, 3.05) is 23.9 Å². The summed E-state index contributed by atoms with van der Waals surface area (Å²) < 4.78 is 27.3. The topological polar surface area (TPSA) is 119 Å². The fourth-order valence-electron chi connectivity index (χ4n) is 8.10. The van der Waals surface area contributed by atoms with Gasteiger partial charge in [0.05, 0.1) is 46.5 Å². The van der Waals surface area contributed by atoms with E-state index in [2.05, 4.69) is 44.5 Å². The first-order valence-electron chi connectivity index (χ1n) is 18.1. The Kier molecular flexibility index (Phi) is 8.19. The molecule has 10 heteroatoms. The van der Waals surface area contributed by atoms with Crippen molar-refractivity contribution in [3.63, 3.8) is 0 Å². The Labute approximate surface area is 314 Å². The van der Waals surface area contributed by atoms with Gasteiger partial charge in [-0.15, -0.1) is 0 Å². The van der Waals surface area contributed by atoms with Gasteiger partial charge in [-0.05, 0) is 106 Å². The first-order valence-corrected chi connectivity index (χ1v) is 18.1. The summed E-state index contributed by atoms with van der Waals surface area (Å²) in [5.74, 6) is 0.606. The molecule has 0 radical (unpaired) electrons. The summed E-state index contributed by atoms with van der Waals surface area (Å²) in [6.45, 7) is 9.61. The number of halogens is 1. The van der Waals surface area contributed by atoms with Crippen molar-refractivity contribution in [1.82, 2.24) is 15.3 Å². The number of hydrogen-bond acceptors (Lipinski definition) is 9. The van der Waals surface area contributed by atoms with Crippen LogP contribution >= 0.6 is 0 Å². The van der Waals surface area contributed by atoms with Gasteiger partial charge in [0, 0.05) is 54.3 Å². The molecule has 8 rings (SSSR count). The Morgan fingerprint density at radius 3 is 1.96 bits per heavy atom. The minimum Gasteiger partial charge on any atom is -0.361 e. The summed E-state index contributed by atoms with van der Waals surface area (Å²) in [6, 6.07) is 26.8. The fourth-order valence-corrected chi connectivity index (χ4v) is 8.10. The number of hydrogen-bond donors (Lipinski definition) is 0. The number of rotatable bonds is 9. The molecular weight excluding hydrogens is 678 g/mol. The van der Waals surface area contributed by atoms with Crippen LogP contribution in [0.5, 0.6) is 0 Å². The van der Waals surface area contributed by atoms with Gasteiger partial charge in [-0.25, -0.2) is 4.39 Å². The second-order valence-electron chi connectivity index (χ2n) is 14.9. The summed E-state index contributed by atoms with van der Waals surface area (Å²) in [5.41, 5.74) is 10.0. The smallest absolute Gasteiger partial charge is 0.148 e. The van der Waals surface area contributed by atoms with E-state index in [1.54, 1.807) is 6.20 Å². The highest BCUT2D eigenvalue weighted by Gasteiger charge is 2.60. The van der Waals surface area contributed by atoms with E-state index in [0.29, 0.717) is 17.9 Å². The molecule has 0 N–H and O–H groups in total. The zero-order valence-electron chi connectivity index (χ0n) is 31.5. The zero-order chi connectivity index (χ0) is 38.1. The Balaban J connectivity index is 1.15. The third kappa shape index (κ3) is 5.52. The quantitative estimate of drug-likeness (QED) is 0.144. The van der Waals surface area contributed by atoms with Crippen LogP contribution in [0.15, 0.2) is 82.0 Å². The molecular formula is C44H40FN7O2. The molecule has 0 amide bonds. The molecule has 270 valence electrons. The highest BCUT2D eigenvalue weighted by atomic mass is 19.1. The maximum Gasteiger partial charge on any atom is 0.148 e. The van der Waals surface area contributed by atoms with Crippen LogP contribution in [-0.4, -0.2) is 29.4 Å². The number of nitrogens with zero attached hydrogens (tertiary/aromatic N) is 7. The number of nitriles is 2. The largest absolute Gasteiger partial charge is 0.361 e. The molecule has 3 aromatic carbocycles. The number of aromatic nitrogens is 3. The summed E-state index contributed by atoms with van der Waals surface area (Å²) in [7, 11) is 3.87. The van der Waals surface area contributed by atoms with Crippen molar-refractivity contribution in [2.45, 2.75) is 70.6 Å². The molecule has 2 atom stereocenters. The van der Waals surface area contributed by atoms with Crippen LogP contribution in [0.2, 0.25) is 0 Å². The van der Waals surface area contributed by atoms with E-state index in [-0.39, 0.29) is 11.6 Å². The lowest BCUT2D eigenvalue weighted by Gasteiger charge is -2.26. The Morgan fingerprint density at radius 2 is 1.39 bits per heavy atom. The van der Waals surface area contributed by atoms with E-state index in [9.17, 15) is 10.5 Å². The summed E-state index contributed by atoms with van der Waals surface area (Å²) in [5, 5.41) is 29.0. The SMILES string of the molecule is Cc1ccc(-c2c(C)noc2C)cc1N(C)c1cnc(C2(C#N)CC2c2ccc(-c3c(C)noc3C)cc2N(C)c2cccc(C3(C#N)CC3)c2)c(F)c1. The minimum absolute atomic E-state index is 0.142. The second kappa shape index (κ2) is 12.7. The molecule has 2 aliphatic carbocycles. The van der Waals surface area contributed by atoms with Crippen LogP contribution in [-0.2, 0) is 10.8 Å². The summed E-state index contributed by atoms with van der Waals surface area (Å²) >= 11 is 0. The second-order valence-corrected chi connectivity index (χ2v) is 14.9. The maximum absolute atomic E-state index is 16.4. The minimum atomic E-state index is -1.15. The highest BCUT2D eigenvalue weighted by Crippen LogP contribution is 2.62. The molecule has 0 aliphatic heterocycles. The van der Waals surface area contributed by atoms with E-state index >= 15 is 4.39 Å². The lowest BCUT2D eigenvalue weighted by atomic mass is 9.92. The van der Waals surface area contributed by atoms with Gasteiger partial charge in [-0.1, -0.05) is 46.7 Å². The average molecular weight is 718 g/mol. The maximum atomic E-state index is 16.4. The van der Waals surface area contributed by atoms with E-state index in [1.807, 2.05) is 102 Å². The van der Waals surface area contributed by atoms with Crippen molar-refractivity contribution >= 4 is 22.7 Å². The Bertz CT molecular complexity index is 2510. The number of benzene rings is 3. The standard InChI is InChI=1S/C44H40FN7O2/c1-25-11-12-30(40-26(2)49-53-28(40)4)17-38(25)52(7)34-20-37(45)42(48-22-34)44(24-47)21-36(44)35-14-13-31(41-27(3)50-54-29(41)5)18-39(35)51(6)33-10-8-9-32(19-33)43(23-46)15-16-43/h8-14,17-20,22,36H,15-16,21H2,1-7H3. The predicted molar refractivity (Wildman–Crippen MR) is 205 cm³/mol. The van der Waals surface area contributed by atoms with Crippen molar-refractivity contribution < 1.29 is 13.4 Å². The molecule has 2 aliphatic rings. The normalized spacial score (nSPS) is 18.1. The summed E-state index contributed by atoms with van der Waals surface area (Å²) in [4.78, 5) is 8.68. The average Bonchev–Trinajstić information content (AvgIpc) is 4.08. The van der Waals surface area contributed by atoms with Crippen LogP contribution in [0.4, 0.5) is 27.1 Å². The third-order valence-corrected chi connectivity index (χ3v) is 11.5. The van der Waals surface area contributed by atoms with Crippen molar-refractivity contribution in [2.24, 2.45) is 0 Å². The number of aryl methyl sites for hydroxylation is 5. The van der Waals surface area contributed by atoms with E-state index in [1.165, 1.54) is 6.07 Å². The van der Waals surface area contributed by atoms with Gasteiger partial charge < -0.3 is 18.8 Å². The van der Waals surface area contributed by atoms with Gasteiger partial charge in [0.15, 0.2) is 0 Å². The van der Waals surface area contributed by atoms with Crippen LogP contribution in [0.3, 0.4) is 0 Å². The van der Waals surface area contributed by atoms with Crippen LogP contribution < -0.4 is 9.80 Å². The van der Waals surface area contributed by atoms with Crippen molar-refractivity contribution in [1.29, 1.82) is 10.5 Å². The molecule has 54 heavy (non-hydrogen) atoms. The predicted octanol–water partition coefficient (Wildman–Crippen LogP) is 10.1. The molecule has 0 saturated heterocycles. The zero-order valence-corrected chi connectivity index (χ0v) is 31.5. The van der Waals surface area contributed by atoms with Gasteiger partial charge in [-0.2, -0.15) is 10.5 Å². The van der Waals surface area contributed by atoms with Gasteiger partial charge in [0.25, 0.3) is 0 Å². The first-order chi connectivity index (χ1) is 25.9. The van der Waals surface area contributed by atoms with Crippen molar-refractivity contribution in [3.05, 3.63) is 124 Å². The molecule has 3 heterocycles. The molecule has 0 bridgehead atoms. The van der Waals surface area contributed by atoms with Gasteiger partial charge in [0.1, 0.15) is 22.8 Å². The van der Waals surface area contributed by atoms with Crippen LogP contribution in [0, 0.1) is 63.1 Å². The number of pyridine rings is 1. The lowest BCUT2D eigenvalue weighted by molar-refractivity contribution is 0.393. The van der Waals surface area contributed by atoms with Crippen LogP contribution in [0.1, 0.15) is 70.5 Å². The number of anilines is 4. The molecule has 9 nitrogen and oxygen atoms in total. The monoisotopic (exact) mass is 717 g/mol. The van der Waals surface area contributed by atoms with Gasteiger partial charge in [0.2, 0.25) is 0 Å². The van der Waals surface area contributed by atoms with Gasteiger partial charge >= 0.3 is 0 Å². The highest BCUT2D eigenvalue weighted by molar-refractivity contribution is 5.79. The first kappa shape index (κ1) is 34.8. The van der Waals surface area contributed by atoms with Gasteiger partial charge in [-0.3, -0.25) is 4.98 Å². The third-order valence-electron chi connectivity index (χ3n) is 11.5. The Hall–Kier alpha value is -6.26. The molecule has 6 aromatic rings. The summed E-state index contributed by atoms with van der Waals surface area (Å²) in [6.07, 6.45) is 3.76. The van der Waals surface area contributed by atoms with E-state index < -0.39 is 16.6 Å². The van der Waals surface area contributed by atoms with Crippen LogP contribution in [0.25, 0.3) is 22.3 Å². The fraction of sp³-hybridized carbons (Fsp3) is 0.295. The van der Waals surface area contributed by atoms with E-state index in [4.69, 9.17) is 9.05 Å². The lowest BCUT2D eigenvalue weighted by Crippen LogP contribution is -2.17.